The molecule has 5 heteroatoms. The van der Waals surface area contributed by atoms with Crippen LogP contribution >= 0.6 is 11.8 Å². The second-order valence-corrected chi connectivity index (χ2v) is 4.68. The first-order valence-electron chi connectivity index (χ1n) is 4.69. The number of hydrogen-bond acceptors (Lipinski definition) is 5. The molecule has 2 unspecified atom stereocenters. The third-order valence-corrected chi connectivity index (χ3v) is 3.74. The average Bonchev–Trinajstić information content (AvgIpc) is 2.56. The monoisotopic (exact) mass is 210 g/mol. The van der Waals surface area contributed by atoms with Crippen LogP contribution < -0.4 is 11.1 Å². The molecule has 0 bridgehead atoms. The molecule has 1 aliphatic rings. The predicted octanol–water partition coefficient (Wildman–Crippen LogP) is 1.22. The van der Waals surface area contributed by atoms with Crippen LogP contribution in [0.4, 0.5) is 11.6 Å². The van der Waals surface area contributed by atoms with Crippen LogP contribution in [0.15, 0.2) is 12.1 Å². The van der Waals surface area contributed by atoms with Gasteiger partial charge in [-0.1, -0.05) is 6.92 Å². The van der Waals surface area contributed by atoms with Gasteiger partial charge in [-0.2, -0.15) is 11.8 Å². The summed E-state index contributed by atoms with van der Waals surface area (Å²) in [5.74, 6) is 4.34. The molecule has 1 aliphatic heterocycles. The third-order valence-electron chi connectivity index (χ3n) is 2.38. The minimum atomic E-state index is 0.462. The van der Waals surface area contributed by atoms with Crippen LogP contribution in [0.5, 0.6) is 0 Å². The van der Waals surface area contributed by atoms with Gasteiger partial charge in [0.1, 0.15) is 11.6 Å². The minimum Gasteiger partial charge on any atom is -0.382 e. The molecule has 0 aromatic carbocycles. The summed E-state index contributed by atoms with van der Waals surface area (Å²) < 4.78 is 0. The first kappa shape index (κ1) is 9.58. The lowest BCUT2D eigenvalue weighted by Crippen LogP contribution is -2.26. The molecule has 0 amide bonds. The van der Waals surface area contributed by atoms with Crippen LogP contribution in [0.3, 0.4) is 0 Å². The number of aromatic nitrogens is 2. The molecule has 2 atom stereocenters. The molecule has 0 radical (unpaired) electrons. The molecule has 3 N–H and O–H groups in total. The summed E-state index contributed by atoms with van der Waals surface area (Å²) in [6.07, 6.45) is 0. The van der Waals surface area contributed by atoms with Crippen LogP contribution in [-0.4, -0.2) is 27.7 Å². The fourth-order valence-electron chi connectivity index (χ4n) is 1.45. The number of nitrogens with two attached hydrogens (primary N) is 1. The van der Waals surface area contributed by atoms with Crippen molar-refractivity contribution in [3.63, 3.8) is 0 Å². The maximum atomic E-state index is 5.46. The van der Waals surface area contributed by atoms with Gasteiger partial charge >= 0.3 is 0 Å². The van der Waals surface area contributed by atoms with Gasteiger partial charge < -0.3 is 11.1 Å². The van der Waals surface area contributed by atoms with E-state index in [0.717, 1.165) is 11.6 Å². The van der Waals surface area contributed by atoms with Gasteiger partial charge in [0.15, 0.2) is 0 Å². The zero-order chi connectivity index (χ0) is 9.97. The van der Waals surface area contributed by atoms with E-state index in [-0.39, 0.29) is 0 Å². The van der Waals surface area contributed by atoms with E-state index in [9.17, 15) is 0 Å². The van der Waals surface area contributed by atoms with E-state index in [2.05, 4.69) is 22.4 Å². The fourth-order valence-corrected chi connectivity index (χ4v) is 2.86. The molecular formula is C9H14N4S. The second kappa shape index (κ2) is 4.04. The smallest absolute Gasteiger partial charge is 0.149 e. The van der Waals surface area contributed by atoms with Crippen molar-refractivity contribution in [2.45, 2.75) is 13.0 Å². The van der Waals surface area contributed by atoms with Crippen LogP contribution in [0.1, 0.15) is 6.92 Å². The van der Waals surface area contributed by atoms with Crippen molar-refractivity contribution in [2.75, 3.05) is 22.6 Å². The van der Waals surface area contributed by atoms with E-state index in [0.29, 0.717) is 17.8 Å². The average molecular weight is 210 g/mol. The minimum absolute atomic E-state index is 0.462. The first-order valence-corrected chi connectivity index (χ1v) is 5.84. The molecule has 1 aromatic rings. The van der Waals surface area contributed by atoms with Gasteiger partial charge in [-0.25, -0.2) is 0 Å². The summed E-state index contributed by atoms with van der Waals surface area (Å²) in [5, 5.41) is 11.2. The maximum Gasteiger partial charge on any atom is 0.149 e. The Kier molecular flexibility index (Phi) is 2.77. The van der Waals surface area contributed by atoms with Crippen molar-refractivity contribution in [3.05, 3.63) is 12.1 Å². The van der Waals surface area contributed by atoms with Crippen LogP contribution in [0, 0.1) is 5.92 Å². The van der Waals surface area contributed by atoms with E-state index >= 15 is 0 Å². The number of thioether (sulfide) groups is 1. The molecule has 0 spiro atoms. The molecule has 0 aliphatic carbocycles. The lowest BCUT2D eigenvalue weighted by atomic mass is 10.1. The Morgan fingerprint density at radius 2 is 2.29 bits per heavy atom. The summed E-state index contributed by atoms with van der Waals surface area (Å²) in [6.45, 7) is 2.25. The van der Waals surface area contributed by atoms with Gasteiger partial charge in [-0.3, -0.25) is 0 Å². The molecule has 1 saturated heterocycles. The Morgan fingerprint density at radius 1 is 1.43 bits per heavy atom. The normalized spacial score (nSPS) is 26.4. The van der Waals surface area contributed by atoms with Gasteiger partial charge in [0.05, 0.1) is 0 Å². The summed E-state index contributed by atoms with van der Waals surface area (Å²) in [4.78, 5) is 0. The zero-order valence-electron chi connectivity index (χ0n) is 8.10. The molecule has 0 saturated carbocycles. The molecule has 1 fully saturated rings. The highest BCUT2D eigenvalue weighted by Crippen LogP contribution is 2.25. The summed E-state index contributed by atoms with van der Waals surface area (Å²) >= 11 is 1.98. The summed E-state index contributed by atoms with van der Waals surface area (Å²) in [7, 11) is 0. The lowest BCUT2D eigenvalue weighted by Gasteiger charge is -2.16. The van der Waals surface area contributed by atoms with Crippen LogP contribution in [0.25, 0.3) is 0 Å². The van der Waals surface area contributed by atoms with E-state index in [1.807, 2.05) is 17.8 Å². The highest BCUT2D eigenvalue weighted by atomic mass is 32.2. The van der Waals surface area contributed by atoms with Crippen molar-refractivity contribution in [3.8, 4) is 0 Å². The van der Waals surface area contributed by atoms with Gasteiger partial charge in [0.25, 0.3) is 0 Å². The summed E-state index contributed by atoms with van der Waals surface area (Å²) in [6, 6.07) is 4.15. The van der Waals surface area contributed by atoms with Gasteiger partial charge in [-0.05, 0) is 23.8 Å². The fraction of sp³-hybridized carbons (Fsp3) is 0.556. The van der Waals surface area contributed by atoms with E-state index < -0.39 is 0 Å². The summed E-state index contributed by atoms with van der Waals surface area (Å²) in [5.41, 5.74) is 5.46. The number of hydrogen-bond donors (Lipinski definition) is 2. The number of rotatable bonds is 2. The highest BCUT2D eigenvalue weighted by Gasteiger charge is 2.23. The molecule has 2 rings (SSSR count). The van der Waals surface area contributed by atoms with E-state index in [1.165, 1.54) is 5.75 Å². The van der Waals surface area contributed by atoms with Crippen molar-refractivity contribution < 1.29 is 0 Å². The Balaban J connectivity index is 2.00. The predicted molar refractivity (Wildman–Crippen MR) is 60.3 cm³/mol. The van der Waals surface area contributed by atoms with E-state index in [1.54, 1.807) is 6.07 Å². The van der Waals surface area contributed by atoms with Crippen molar-refractivity contribution in [1.29, 1.82) is 0 Å². The molecule has 2 heterocycles. The topological polar surface area (TPSA) is 63.8 Å². The van der Waals surface area contributed by atoms with Crippen molar-refractivity contribution >= 4 is 23.4 Å². The van der Waals surface area contributed by atoms with Crippen molar-refractivity contribution in [1.82, 2.24) is 10.2 Å². The number of nitrogen functional groups attached to an aromatic ring is 1. The van der Waals surface area contributed by atoms with Gasteiger partial charge in [0, 0.05) is 11.8 Å². The van der Waals surface area contributed by atoms with Gasteiger partial charge in [-0.15, -0.1) is 10.2 Å². The SMILES string of the molecule is CC1CSCC1Nc1ccc(N)nn1. The van der Waals surface area contributed by atoms with Crippen LogP contribution in [0.2, 0.25) is 0 Å². The largest absolute Gasteiger partial charge is 0.382 e. The van der Waals surface area contributed by atoms with Gasteiger partial charge in [0.2, 0.25) is 0 Å². The zero-order valence-corrected chi connectivity index (χ0v) is 8.92. The molecular weight excluding hydrogens is 196 g/mol. The lowest BCUT2D eigenvalue weighted by molar-refractivity contribution is 0.596. The number of anilines is 2. The Hall–Kier alpha value is -0.970. The number of nitrogens with one attached hydrogen (secondary N) is 1. The Morgan fingerprint density at radius 3 is 2.86 bits per heavy atom. The standard InChI is InChI=1S/C9H14N4S/c1-6-4-14-5-7(6)11-9-3-2-8(10)12-13-9/h2-3,6-7H,4-5H2,1H3,(H2,10,12)(H,11,13). The molecule has 76 valence electrons. The Bertz CT molecular complexity index is 300. The first-order chi connectivity index (χ1) is 6.75. The second-order valence-electron chi connectivity index (χ2n) is 3.61. The van der Waals surface area contributed by atoms with E-state index in [4.69, 9.17) is 5.73 Å². The number of nitrogens with zero attached hydrogens (tertiary/aromatic N) is 2. The Labute approximate surface area is 87.7 Å². The third kappa shape index (κ3) is 2.09. The maximum absolute atomic E-state index is 5.46. The van der Waals surface area contributed by atoms with Crippen LogP contribution in [-0.2, 0) is 0 Å². The molecule has 14 heavy (non-hydrogen) atoms. The quantitative estimate of drug-likeness (QED) is 0.768. The van der Waals surface area contributed by atoms with Crippen molar-refractivity contribution in [2.24, 2.45) is 5.92 Å². The highest BCUT2D eigenvalue weighted by molar-refractivity contribution is 7.99. The molecule has 4 nitrogen and oxygen atoms in total. The molecule has 1 aromatic heterocycles.